The van der Waals surface area contributed by atoms with Crippen molar-refractivity contribution in [3.8, 4) is 0 Å². The van der Waals surface area contributed by atoms with Crippen LogP contribution in [0.25, 0.3) is 0 Å². The van der Waals surface area contributed by atoms with E-state index in [1.807, 2.05) is 0 Å². The molecule has 0 saturated heterocycles. The van der Waals surface area contributed by atoms with Crippen LogP contribution in [0.5, 0.6) is 0 Å². The Kier molecular flexibility index (Phi) is 11.7. The Morgan fingerprint density at radius 3 is 0.857 bits per heavy atom. The number of hydrogen-bond acceptors (Lipinski definition) is 4. The summed E-state index contributed by atoms with van der Waals surface area (Å²) >= 11 is 0. The van der Waals surface area contributed by atoms with Crippen molar-refractivity contribution in [2.75, 3.05) is 0 Å². The molecule has 0 aliphatic rings. The van der Waals surface area contributed by atoms with E-state index in [1.165, 1.54) is 0 Å². The Hall–Kier alpha value is 1.06. The van der Waals surface area contributed by atoms with Gasteiger partial charge in [-0.2, -0.15) is 0 Å². The van der Waals surface area contributed by atoms with Gasteiger partial charge in [-0.1, -0.05) is 0 Å². The zero-order valence-electron chi connectivity index (χ0n) is 2.94. The third kappa shape index (κ3) is 162. The molecule has 7 heavy (non-hydrogen) atoms. The van der Waals surface area contributed by atoms with Gasteiger partial charge in [0.15, 0.2) is 0 Å². The van der Waals surface area contributed by atoms with Gasteiger partial charge >= 0.3 is 9.05 Å². The number of hydrogen-bond donors (Lipinski definition) is 4. The van der Waals surface area contributed by atoms with Crippen molar-refractivity contribution < 1.29 is 52.5 Å². The second kappa shape index (κ2) is 5.20. The molecule has 0 fully saturated rings. The first kappa shape index (κ1) is 15.7. The summed E-state index contributed by atoms with van der Waals surface area (Å²) in [7, 11) is -4.61. The fourth-order valence-corrected chi connectivity index (χ4v) is 0. The van der Waals surface area contributed by atoms with Crippen LogP contribution >= 0.6 is 0 Å². The van der Waals surface area contributed by atoms with Crippen LogP contribution in [0.15, 0.2) is 0 Å². The largest absolute Gasteiger partial charge is 0.668 e. The summed E-state index contributed by atoms with van der Waals surface area (Å²) in [6.45, 7) is 0. The van der Waals surface area contributed by atoms with E-state index >= 15 is 0 Å². The zero-order valence-corrected chi connectivity index (χ0v) is 5.97. The Morgan fingerprint density at radius 2 is 0.857 bits per heavy atom. The van der Waals surface area contributed by atoms with Crippen LogP contribution in [-0.4, -0.2) is 28.2 Å². The van der Waals surface area contributed by atoms with Gasteiger partial charge in [0.2, 0.25) is 0 Å². The predicted molar refractivity (Wildman–Crippen MR) is 14.6 cm³/mol. The molecule has 1 radical (unpaired) electrons. The summed E-state index contributed by atoms with van der Waals surface area (Å²) in [6, 6.07) is 0. The van der Waals surface area contributed by atoms with Crippen LogP contribution in [0.3, 0.4) is 0 Å². The average Bonchev–Trinajstić information content (AvgIpc) is 0.722. The first-order chi connectivity index (χ1) is 2.00. The van der Waals surface area contributed by atoms with Crippen molar-refractivity contribution >= 4 is 9.05 Å². The molecule has 0 amide bonds. The molecule has 4 N–H and O–H groups in total. The van der Waals surface area contributed by atoms with Gasteiger partial charge in [0.25, 0.3) is 0 Å². The average molecular weight is 214 g/mol. The van der Waals surface area contributed by atoms with Gasteiger partial charge in [-0.15, -0.1) is 0 Å². The maximum absolute atomic E-state index is 7.33. The van der Waals surface area contributed by atoms with E-state index < -0.39 is 9.05 Å². The van der Waals surface area contributed by atoms with Crippen LogP contribution in [0.2, 0.25) is 0 Å². The molecule has 7 heteroatoms. The molecule has 0 aromatic rings. The van der Waals surface area contributed by atoms with Crippen LogP contribution in [0.4, 0.5) is 0 Å². The van der Waals surface area contributed by atoms with E-state index in [0.717, 1.165) is 0 Å². The third-order valence-corrected chi connectivity index (χ3v) is 0. The summed E-state index contributed by atoms with van der Waals surface area (Å²) in [5.41, 5.74) is 0. The molecular weight excluding hydrogens is 210 g/mol. The van der Waals surface area contributed by atoms with Crippen molar-refractivity contribution in [2.24, 2.45) is 0 Å². The summed E-state index contributed by atoms with van der Waals surface area (Å²) < 4.78 is 0. The van der Waals surface area contributed by atoms with E-state index in [-0.39, 0.29) is 33.3 Å². The maximum Gasteiger partial charge on any atom is 0.668 e. The molecule has 0 bridgehead atoms. The molecular formula is H4CoNiO4Si. The Bertz CT molecular complexity index is 27.2. The van der Waals surface area contributed by atoms with E-state index in [1.54, 1.807) is 0 Å². The fraction of sp³-hybridized carbons (Fsp3) is 0. The van der Waals surface area contributed by atoms with Gasteiger partial charge in [0, 0.05) is 33.3 Å². The molecule has 0 unspecified atom stereocenters. The summed E-state index contributed by atoms with van der Waals surface area (Å²) in [6.07, 6.45) is 0. The topological polar surface area (TPSA) is 80.9 Å². The zero-order chi connectivity index (χ0) is 4.50. The SMILES string of the molecule is O[Si](O)(O)O.[Co].[Ni]. The van der Waals surface area contributed by atoms with Gasteiger partial charge in [0.1, 0.15) is 0 Å². The Morgan fingerprint density at radius 1 is 0.857 bits per heavy atom. The molecule has 0 saturated carbocycles. The minimum atomic E-state index is -4.61. The molecule has 0 aromatic heterocycles. The maximum atomic E-state index is 7.33. The Labute approximate surface area is 61.8 Å². The molecule has 0 aliphatic heterocycles. The van der Waals surface area contributed by atoms with Crippen molar-refractivity contribution in [1.82, 2.24) is 0 Å². The molecule has 0 aromatic carbocycles. The fourth-order valence-electron chi connectivity index (χ4n) is 0. The van der Waals surface area contributed by atoms with Crippen LogP contribution < -0.4 is 0 Å². The second-order valence-electron chi connectivity index (χ2n) is 0.600. The normalized spacial score (nSPS) is 8.57. The smallest absolute Gasteiger partial charge is 0.368 e. The molecule has 0 rings (SSSR count). The minimum Gasteiger partial charge on any atom is -0.368 e. The molecule has 51 valence electrons. The molecule has 0 aliphatic carbocycles. The van der Waals surface area contributed by atoms with Gasteiger partial charge < -0.3 is 19.2 Å². The molecule has 0 spiro atoms. The number of rotatable bonds is 0. The van der Waals surface area contributed by atoms with E-state index in [2.05, 4.69) is 0 Å². The van der Waals surface area contributed by atoms with Crippen LogP contribution in [-0.2, 0) is 33.3 Å². The first-order valence-electron chi connectivity index (χ1n) is 0.894. The predicted octanol–water partition coefficient (Wildman–Crippen LogP) is -2.61. The summed E-state index contributed by atoms with van der Waals surface area (Å²) in [4.78, 5) is 29.3. The Balaban J connectivity index is -0.0000000800. The second-order valence-corrected chi connectivity index (χ2v) is 1.80. The van der Waals surface area contributed by atoms with Gasteiger partial charge in [-0.25, -0.2) is 0 Å². The molecule has 0 atom stereocenters. The molecule has 4 nitrogen and oxygen atoms in total. The monoisotopic (exact) mass is 213 g/mol. The van der Waals surface area contributed by atoms with E-state index in [0.29, 0.717) is 0 Å². The molecule has 0 heterocycles. The van der Waals surface area contributed by atoms with Crippen LogP contribution in [0, 0.1) is 0 Å². The standard InChI is InChI=1S/Co.Ni.H4O4Si/c;;1-5(2,3)4/h;;1-4H. The third-order valence-electron chi connectivity index (χ3n) is 0. The summed E-state index contributed by atoms with van der Waals surface area (Å²) in [5.74, 6) is 0. The van der Waals surface area contributed by atoms with Crippen LogP contribution in [0.1, 0.15) is 0 Å². The van der Waals surface area contributed by atoms with E-state index in [4.69, 9.17) is 19.2 Å². The van der Waals surface area contributed by atoms with Gasteiger partial charge in [0.05, 0.1) is 0 Å². The van der Waals surface area contributed by atoms with Crippen molar-refractivity contribution in [1.29, 1.82) is 0 Å². The van der Waals surface area contributed by atoms with E-state index in [9.17, 15) is 0 Å². The quantitative estimate of drug-likeness (QED) is 0.333. The minimum absolute atomic E-state index is 0. The van der Waals surface area contributed by atoms with Crippen molar-refractivity contribution in [2.45, 2.75) is 0 Å². The first-order valence-corrected chi connectivity index (χ1v) is 2.68. The summed E-state index contributed by atoms with van der Waals surface area (Å²) in [5, 5.41) is 0. The van der Waals surface area contributed by atoms with Gasteiger partial charge in [-0.3, -0.25) is 0 Å². The van der Waals surface area contributed by atoms with Gasteiger partial charge in [-0.05, 0) is 0 Å². The van der Waals surface area contributed by atoms with Crippen molar-refractivity contribution in [3.05, 3.63) is 0 Å². The van der Waals surface area contributed by atoms with Crippen molar-refractivity contribution in [3.63, 3.8) is 0 Å².